The van der Waals surface area contributed by atoms with Gasteiger partial charge in [-0.2, -0.15) is 23.5 Å². The highest BCUT2D eigenvalue weighted by molar-refractivity contribution is 6.01. The fraction of sp³-hybridized carbons (Fsp3) is 0.636. The third-order valence-corrected chi connectivity index (χ3v) is 6.44. The number of likely N-dealkylation sites (tertiary alicyclic amines) is 1. The zero-order valence-corrected chi connectivity index (χ0v) is 20.5. The predicted octanol–water partition coefficient (Wildman–Crippen LogP) is 0.904. The van der Waals surface area contributed by atoms with Crippen molar-refractivity contribution < 1.29 is 32.3 Å². The smallest absolute Gasteiger partial charge is 0.337 e. The predicted molar refractivity (Wildman–Crippen MR) is 119 cm³/mol. The molecule has 0 radical (unpaired) electrons. The van der Waals surface area contributed by atoms with Gasteiger partial charge in [-0.15, -0.1) is 0 Å². The molecule has 0 saturated carbocycles. The molecule has 1 fully saturated rings. The number of carbonyl (C=O) groups is 4. The summed E-state index contributed by atoms with van der Waals surface area (Å²) in [6, 6.07) is 0.0151. The minimum atomic E-state index is -5.17. The number of aromatic nitrogens is 2. The number of carbonyl (C=O) groups excluding carboxylic acids is 4. The van der Waals surface area contributed by atoms with Crippen LogP contribution in [0.25, 0.3) is 0 Å². The van der Waals surface area contributed by atoms with Gasteiger partial charge in [0.15, 0.2) is 5.54 Å². The first-order valence-corrected chi connectivity index (χ1v) is 11.4. The van der Waals surface area contributed by atoms with Gasteiger partial charge < -0.3 is 20.4 Å². The van der Waals surface area contributed by atoms with Crippen molar-refractivity contribution in [2.75, 3.05) is 18.9 Å². The Morgan fingerprint density at radius 2 is 2.00 bits per heavy atom. The Bertz CT molecular complexity index is 1130. The first kappa shape index (κ1) is 27.0. The van der Waals surface area contributed by atoms with E-state index in [2.05, 4.69) is 10.4 Å². The van der Waals surface area contributed by atoms with Gasteiger partial charge in [0.1, 0.15) is 23.9 Å². The summed E-state index contributed by atoms with van der Waals surface area (Å²) in [6.07, 6.45) is -5.05. The van der Waals surface area contributed by atoms with Crippen LogP contribution in [0, 0.1) is 24.2 Å². The maximum Gasteiger partial charge on any atom is 0.471 e. The molecule has 3 heterocycles. The number of nitriles is 1. The van der Waals surface area contributed by atoms with E-state index in [1.165, 1.54) is 16.6 Å². The maximum atomic E-state index is 13.7. The Labute approximate surface area is 205 Å². The first-order valence-electron chi connectivity index (χ1n) is 11.4. The molecule has 2 unspecified atom stereocenters. The van der Waals surface area contributed by atoms with Crippen LogP contribution in [0.3, 0.4) is 0 Å². The molecule has 0 aromatic carbocycles. The molecular weight excluding hydrogens is 483 g/mol. The molecule has 1 aromatic heterocycles. The number of rotatable bonds is 6. The van der Waals surface area contributed by atoms with Crippen molar-refractivity contribution in [3.63, 3.8) is 0 Å². The molecule has 3 rings (SSSR count). The fourth-order valence-electron chi connectivity index (χ4n) is 4.66. The number of alkyl halides is 3. The molecule has 0 aliphatic carbocycles. The molecule has 196 valence electrons. The van der Waals surface area contributed by atoms with Crippen LogP contribution in [0.2, 0.25) is 0 Å². The number of fused-ring (bicyclic) bond motifs is 2. The van der Waals surface area contributed by atoms with Gasteiger partial charge in [-0.25, -0.2) is 4.68 Å². The fourth-order valence-corrected chi connectivity index (χ4v) is 4.66. The van der Waals surface area contributed by atoms with E-state index < -0.39 is 53.5 Å². The average molecular weight is 512 g/mol. The highest BCUT2D eigenvalue weighted by Crippen LogP contribution is 2.41. The van der Waals surface area contributed by atoms with Gasteiger partial charge in [0.2, 0.25) is 11.8 Å². The van der Waals surface area contributed by atoms with Crippen molar-refractivity contribution in [2.45, 2.75) is 70.4 Å². The summed E-state index contributed by atoms with van der Waals surface area (Å²) in [5.41, 5.74) is -0.654. The molecule has 0 bridgehead atoms. The minimum Gasteiger partial charge on any atom is -0.337 e. The molecule has 2 aliphatic rings. The summed E-state index contributed by atoms with van der Waals surface area (Å²) < 4.78 is 39.4. The number of halogens is 3. The number of aryl methyl sites for hydroxylation is 1. The number of hydrogen-bond donors (Lipinski definition) is 2. The van der Waals surface area contributed by atoms with Crippen molar-refractivity contribution in [1.29, 1.82) is 5.26 Å². The van der Waals surface area contributed by atoms with Crippen LogP contribution in [-0.2, 0) is 24.7 Å². The number of nitrogens with one attached hydrogen (secondary N) is 2. The molecule has 2 aliphatic heterocycles. The van der Waals surface area contributed by atoms with Crippen molar-refractivity contribution in [3.8, 4) is 6.07 Å². The Kier molecular flexibility index (Phi) is 7.07. The van der Waals surface area contributed by atoms with Crippen LogP contribution < -0.4 is 10.6 Å². The van der Waals surface area contributed by atoms with Gasteiger partial charge in [0.25, 0.3) is 5.91 Å². The van der Waals surface area contributed by atoms with Gasteiger partial charge in [-0.05, 0) is 26.2 Å². The Hall–Kier alpha value is -3.63. The summed E-state index contributed by atoms with van der Waals surface area (Å²) in [7, 11) is 1.26. The molecule has 4 atom stereocenters. The van der Waals surface area contributed by atoms with Gasteiger partial charge in [0.05, 0.1) is 18.3 Å². The molecule has 4 amide bonds. The lowest BCUT2D eigenvalue weighted by Crippen LogP contribution is -2.56. The van der Waals surface area contributed by atoms with Crippen LogP contribution in [0.1, 0.15) is 39.3 Å². The third kappa shape index (κ3) is 4.74. The van der Waals surface area contributed by atoms with E-state index in [-0.39, 0.29) is 25.3 Å². The third-order valence-electron chi connectivity index (χ3n) is 6.44. The monoisotopic (exact) mass is 511 g/mol. The van der Waals surface area contributed by atoms with E-state index >= 15 is 0 Å². The standard InChI is InChI=1S/C22H28F3N7O4/c1-11(2)6-15(30(5)17(33)13(4)27-20(36)22(23,24)25)18(34)31-10-21(8-14(31)9-26)19(35)28-16-7-12(3)29-32(16)21/h7,11,13-15H,6,8,10H2,1-5H3,(H,27,36)(H,28,35)/t13?,14-,15?,21+/m0/s1. The average Bonchev–Trinajstić information content (AvgIpc) is 3.42. The van der Waals surface area contributed by atoms with E-state index in [0.717, 1.165) is 11.8 Å². The second-order valence-electron chi connectivity index (χ2n) is 9.67. The lowest BCUT2D eigenvalue weighted by Gasteiger charge is -2.34. The van der Waals surface area contributed by atoms with E-state index in [0.29, 0.717) is 11.5 Å². The lowest BCUT2D eigenvalue weighted by molar-refractivity contribution is -0.175. The van der Waals surface area contributed by atoms with Crippen LogP contribution in [0.5, 0.6) is 0 Å². The summed E-state index contributed by atoms with van der Waals surface area (Å²) >= 11 is 0. The van der Waals surface area contributed by atoms with Crippen molar-refractivity contribution in [3.05, 3.63) is 11.8 Å². The SMILES string of the molecule is Cc1cc2n(n1)[C@@]1(C[C@@H](C#N)N(C(=O)C(CC(C)C)N(C)C(=O)C(C)NC(=O)C(F)(F)F)C1)C(=O)N2. The zero-order valence-electron chi connectivity index (χ0n) is 20.5. The summed E-state index contributed by atoms with van der Waals surface area (Å²) in [5.74, 6) is -3.87. The summed E-state index contributed by atoms with van der Waals surface area (Å²) in [5, 5.41) is 18.5. The molecule has 11 nitrogen and oxygen atoms in total. The van der Waals surface area contributed by atoms with E-state index in [9.17, 15) is 37.6 Å². The van der Waals surface area contributed by atoms with E-state index in [1.54, 1.807) is 32.2 Å². The van der Waals surface area contributed by atoms with Crippen molar-refractivity contribution >= 4 is 29.4 Å². The van der Waals surface area contributed by atoms with Crippen LogP contribution in [0.15, 0.2) is 6.07 Å². The van der Waals surface area contributed by atoms with Gasteiger partial charge in [-0.1, -0.05) is 13.8 Å². The van der Waals surface area contributed by atoms with Crippen LogP contribution in [0.4, 0.5) is 19.0 Å². The topological polar surface area (TPSA) is 140 Å². The molecule has 2 N–H and O–H groups in total. The molecule has 14 heteroatoms. The van der Waals surface area contributed by atoms with E-state index in [4.69, 9.17) is 0 Å². The lowest BCUT2D eigenvalue weighted by atomic mass is 9.96. The first-order chi connectivity index (χ1) is 16.6. The van der Waals surface area contributed by atoms with Crippen molar-refractivity contribution in [2.24, 2.45) is 5.92 Å². The number of likely N-dealkylation sites (N-methyl/N-ethyl adjacent to an activating group) is 1. The number of anilines is 1. The van der Waals surface area contributed by atoms with Crippen LogP contribution in [-0.4, -0.2) is 81.1 Å². The zero-order chi connectivity index (χ0) is 27.2. The quantitative estimate of drug-likeness (QED) is 0.582. The molecular formula is C22H28F3N7O4. The second-order valence-corrected chi connectivity index (χ2v) is 9.67. The molecule has 1 saturated heterocycles. The Morgan fingerprint density at radius 3 is 2.56 bits per heavy atom. The summed E-state index contributed by atoms with van der Waals surface area (Å²) in [4.78, 5) is 53.0. The second kappa shape index (κ2) is 9.44. The Morgan fingerprint density at radius 1 is 1.36 bits per heavy atom. The highest BCUT2D eigenvalue weighted by atomic mass is 19.4. The number of hydrogen-bond acceptors (Lipinski definition) is 6. The largest absolute Gasteiger partial charge is 0.471 e. The summed E-state index contributed by atoms with van der Waals surface area (Å²) in [6.45, 7) is 6.25. The van der Waals surface area contributed by atoms with Gasteiger partial charge in [0, 0.05) is 19.5 Å². The minimum absolute atomic E-state index is 0.0146. The molecule has 1 spiro atoms. The normalized spacial score (nSPS) is 22.7. The number of nitrogens with zero attached hydrogens (tertiary/aromatic N) is 5. The van der Waals surface area contributed by atoms with Gasteiger partial charge >= 0.3 is 12.1 Å². The van der Waals surface area contributed by atoms with E-state index in [1.807, 2.05) is 6.07 Å². The molecule has 36 heavy (non-hydrogen) atoms. The van der Waals surface area contributed by atoms with Crippen molar-refractivity contribution in [1.82, 2.24) is 24.9 Å². The highest BCUT2D eigenvalue weighted by Gasteiger charge is 2.58. The van der Waals surface area contributed by atoms with Gasteiger partial charge in [-0.3, -0.25) is 19.2 Å². The Balaban J connectivity index is 1.87. The van der Waals surface area contributed by atoms with Crippen LogP contribution >= 0.6 is 0 Å². The molecule has 1 aromatic rings. The number of amides is 4. The maximum absolute atomic E-state index is 13.7.